The van der Waals surface area contributed by atoms with Crippen molar-refractivity contribution in [2.75, 3.05) is 98.0 Å². The second-order valence-corrected chi connectivity index (χ2v) is 32.3. The number of amides is 3. The summed E-state index contributed by atoms with van der Waals surface area (Å²) in [5, 5.41) is 41.2. The largest absolute Gasteiger partial charge is 0.476 e. The van der Waals surface area contributed by atoms with Crippen LogP contribution in [-0.2, 0) is 111 Å². The van der Waals surface area contributed by atoms with Crippen molar-refractivity contribution >= 4 is 111 Å². The molecule has 6 fully saturated rings. The maximum Gasteiger partial charge on any atom is 0.475 e. The fourth-order valence-corrected chi connectivity index (χ4v) is 16.8. The quantitative estimate of drug-likeness (QED) is 0.0202. The number of hydrogen-bond acceptors (Lipinski definition) is 45. The third-order valence-corrected chi connectivity index (χ3v) is 21.7. The van der Waals surface area contributed by atoms with Crippen LogP contribution in [0.4, 0.5) is 32.2 Å². The molecule has 0 aromatic carbocycles. The highest BCUT2D eigenvalue weighted by molar-refractivity contribution is 7.49. The molecule has 1 unspecified atom stereocenters. The molecule has 18 atom stereocenters. The molecule has 0 radical (unpaired) electrons. The van der Waals surface area contributed by atoms with Gasteiger partial charge in [0, 0.05) is 0 Å². The molecule has 54 heteroatoms. The molecular formula is C63H93N18O33P3. The van der Waals surface area contributed by atoms with E-state index in [0.717, 1.165) is 21.3 Å². The van der Waals surface area contributed by atoms with Crippen LogP contribution in [0.15, 0.2) is 19.0 Å². The lowest BCUT2D eigenvalue weighted by Gasteiger charge is -2.35. The van der Waals surface area contributed by atoms with Gasteiger partial charge in [0.15, 0.2) is 70.3 Å². The third kappa shape index (κ3) is 20.4. The van der Waals surface area contributed by atoms with Crippen LogP contribution in [-0.4, -0.2) is 281 Å². The molecule has 3 amide bonds. The number of imidazole rings is 3. The smallest absolute Gasteiger partial charge is 0.475 e. The van der Waals surface area contributed by atoms with Gasteiger partial charge in [-0.05, 0) is 83.1 Å². The highest BCUT2D eigenvalue weighted by Gasteiger charge is 2.64. The molecule has 6 aliphatic heterocycles. The summed E-state index contributed by atoms with van der Waals surface area (Å²) in [6.45, 7) is 17.4. The molecule has 117 heavy (non-hydrogen) atoms. The second kappa shape index (κ2) is 37.0. The van der Waals surface area contributed by atoms with Crippen molar-refractivity contribution in [1.29, 1.82) is 0 Å². The van der Waals surface area contributed by atoms with Crippen molar-refractivity contribution in [1.82, 2.24) is 74.5 Å². The minimum atomic E-state index is -4.35. The maximum absolute atomic E-state index is 13.3. The number of alkyl carbamates (subject to hydrolysis) is 3. The molecule has 12 heterocycles. The fraction of sp³-hybridized carbons (Fsp3) is 0.667. The highest BCUT2D eigenvalue weighted by atomic mass is 31.2. The average Bonchev–Trinajstić information content (AvgIpc) is 1.59. The number of phosphoric acid groups is 3. The van der Waals surface area contributed by atoms with Crippen molar-refractivity contribution in [3.05, 3.63) is 19.0 Å². The summed E-state index contributed by atoms with van der Waals surface area (Å²) in [4.78, 5) is 110. The Balaban J connectivity index is 0.000000185. The van der Waals surface area contributed by atoms with Crippen LogP contribution in [0.1, 0.15) is 102 Å². The summed E-state index contributed by atoms with van der Waals surface area (Å²) < 4.78 is 156. The first kappa shape index (κ1) is 90.1. The molecule has 648 valence electrons. The second-order valence-electron chi connectivity index (χ2n) is 27.4. The van der Waals surface area contributed by atoms with Crippen LogP contribution in [0.5, 0.6) is 17.6 Å². The number of carbonyl (C=O) groups is 6. The van der Waals surface area contributed by atoms with E-state index in [2.05, 4.69) is 75.0 Å². The van der Waals surface area contributed by atoms with Crippen LogP contribution < -0.4 is 47.4 Å². The first-order valence-corrected chi connectivity index (χ1v) is 40.4. The van der Waals surface area contributed by atoms with Crippen molar-refractivity contribution in [3.8, 4) is 17.6 Å². The van der Waals surface area contributed by atoms with Crippen LogP contribution in [0.25, 0.3) is 33.5 Å². The number of aromatic nitrogens is 12. The first-order chi connectivity index (χ1) is 55.1. The summed E-state index contributed by atoms with van der Waals surface area (Å²) in [5.74, 6) is -2.30. The number of anilines is 3. The van der Waals surface area contributed by atoms with E-state index in [1.165, 1.54) is 53.5 Å². The van der Waals surface area contributed by atoms with Gasteiger partial charge in [-0.3, -0.25) is 54.4 Å². The molecule has 6 saturated heterocycles. The van der Waals surface area contributed by atoms with Gasteiger partial charge in [0.25, 0.3) is 0 Å². The number of esters is 3. The zero-order valence-corrected chi connectivity index (χ0v) is 68.5. The fourth-order valence-electron chi connectivity index (χ4n) is 12.3. The average molecular weight is 1720 g/mol. The third-order valence-electron chi connectivity index (χ3n) is 17.4. The van der Waals surface area contributed by atoms with Crippen LogP contribution in [0, 0.1) is 0 Å². The number of fused-ring (bicyclic) bond motifs is 6. The van der Waals surface area contributed by atoms with Gasteiger partial charge in [-0.15, -0.1) is 0 Å². The Morgan fingerprint density at radius 3 is 0.932 bits per heavy atom. The summed E-state index contributed by atoms with van der Waals surface area (Å²) >= 11 is 0. The van der Waals surface area contributed by atoms with E-state index in [1.54, 1.807) is 62.3 Å². The van der Waals surface area contributed by atoms with E-state index in [4.69, 9.17) is 101 Å². The Hall–Kier alpha value is -9.24. The Morgan fingerprint density at radius 1 is 0.462 bits per heavy atom. The summed E-state index contributed by atoms with van der Waals surface area (Å²) in [5.41, 5.74) is 13.7. The van der Waals surface area contributed by atoms with Gasteiger partial charge in [-0.2, -0.15) is 29.9 Å². The molecule has 0 spiro atoms. The molecular weight excluding hydrogens is 1630 g/mol. The van der Waals surface area contributed by atoms with Gasteiger partial charge in [-0.25, -0.2) is 57.4 Å². The number of hydrogen-bond donors (Lipinski definition) is 9. The zero-order valence-electron chi connectivity index (χ0n) is 65.8. The molecule has 6 aromatic rings. The van der Waals surface area contributed by atoms with E-state index in [1.807, 2.05) is 0 Å². The number of ether oxygens (including phenoxy) is 12. The Kier molecular flexibility index (Phi) is 28.5. The van der Waals surface area contributed by atoms with Gasteiger partial charge in [0.2, 0.25) is 35.5 Å². The summed E-state index contributed by atoms with van der Waals surface area (Å²) in [6.07, 6.45) is -9.72. The lowest BCUT2D eigenvalue weighted by Crippen LogP contribution is -2.48. The number of nitrogen functional groups attached to an aromatic ring is 3. The molecule has 12 rings (SSSR count). The number of nitrogens with two attached hydrogens (primary N) is 3. The minimum absolute atomic E-state index is 0.0775. The van der Waals surface area contributed by atoms with Crippen molar-refractivity contribution in [2.24, 2.45) is 0 Å². The predicted molar refractivity (Wildman–Crippen MR) is 391 cm³/mol. The standard InChI is InChI=1S/3C21H31N6O11P/c3*1-6-33-16-13-15(25-19(22)26-16)27(9-23-13)18-21(4,30)14-12(37-18)8-35-39(31,38-14)34-7-11(24-20(29)32-5)17(28)36-10(2)3/h3*9-12,14,18,30H,6-8H2,1-5H3,(H,24,29)(H2,22,25,26)/t11-,12-,14-,18-,21-,39?;11-,12-,14-,18-,21-,39+;11-,12-,14-,18-,21-,39-/m111/s1. The van der Waals surface area contributed by atoms with Crippen LogP contribution in [0.2, 0.25) is 0 Å². The van der Waals surface area contributed by atoms with Crippen molar-refractivity contribution in [3.63, 3.8) is 0 Å². The lowest BCUT2D eigenvalue weighted by atomic mass is 9.96. The SMILES string of the molecule is CCOc1nc(N)nc2c1ncn2[C@@H]1O[C@@H]2COP(=O)(OC[C@@H](NC(=O)OC)C(=O)OC(C)C)O[C@H]2[C@@]1(C)O.CCOc1nc(N)nc2c1ncn2[C@@H]1O[C@@H]2CO[P@@](=O)(OC[C@@H](NC(=O)OC)C(=O)OC(C)C)O[C@H]2[C@@]1(C)O.CCOc1nc(N)nc2c1ncn2[C@@H]1O[C@@H]2CO[P@](=O)(OC[C@@H](NC(=O)OC)C(=O)OC(C)C)O[C@H]2[C@@]1(C)O. The molecule has 12 N–H and O–H groups in total. The van der Waals surface area contributed by atoms with Gasteiger partial charge in [0.1, 0.15) is 53.4 Å². The van der Waals surface area contributed by atoms with Gasteiger partial charge in [-0.1, -0.05) is 0 Å². The van der Waals surface area contributed by atoms with E-state index in [0.29, 0.717) is 36.4 Å². The number of phosphoric ester groups is 3. The number of aliphatic hydroxyl groups is 3. The van der Waals surface area contributed by atoms with Crippen LogP contribution in [0.3, 0.4) is 0 Å². The molecule has 6 aliphatic rings. The van der Waals surface area contributed by atoms with E-state index in [9.17, 15) is 57.8 Å². The van der Waals surface area contributed by atoms with E-state index >= 15 is 0 Å². The van der Waals surface area contributed by atoms with E-state index in [-0.39, 0.29) is 72.2 Å². The summed E-state index contributed by atoms with van der Waals surface area (Å²) in [6, 6.07) is -4.15. The monoisotopic (exact) mass is 1720 g/mol. The maximum atomic E-state index is 13.3. The van der Waals surface area contributed by atoms with E-state index < -0.39 is 188 Å². The van der Waals surface area contributed by atoms with Crippen LogP contribution >= 0.6 is 23.5 Å². The molecule has 0 aliphatic carbocycles. The minimum Gasteiger partial charge on any atom is -0.476 e. The van der Waals surface area contributed by atoms with Gasteiger partial charge in [0.05, 0.1) is 118 Å². The Morgan fingerprint density at radius 2 is 0.709 bits per heavy atom. The Labute approximate surface area is 664 Å². The number of nitrogens with one attached hydrogen (secondary N) is 3. The van der Waals surface area contributed by atoms with Gasteiger partial charge >= 0.3 is 59.7 Å². The number of nitrogens with zero attached hydrogens (tertiary/aromatic N) is 12. The summed E-state index contributed by atoms with van der Waals surface area (Å²) in [7, 11) is -9.73. The lowest BCUT2D eigenvalue weighted by molar-refractivity contribution is -0.152. The Bertz CT molecular complexity index is 4270. The zero-order chi connectivity index (χ0) is 85.6. The molecule has 6 aromatic heterocycles. The molecule has 0 saturated carbocycles. The molecule has 51 nitrogen and oxygen atoms in total. The number of carbonyl (C=O) groups excluding carboxylic acids is 6. The normalized spacial score (nSPS) is 29.2. The highest BCUT2D eigenvalue weighted by Crippen LogP contribution is 2.62. The van der Waals surface area contributed by atoms with Crippen molar-refractivity contribution in [2.45, 2.75) is 192 Å². The first-order valence-electron chi connectivity index (χ1n) is 36.0. The molecule has 0 bridgehead atoms. The predicted octanol–water partition coefficient (Wildman–Crippen LogP) is 2.02. The van der Waals surface area contributed by atoms with Gasteiger partial charge < -0.3 is 105 Å². The number of methoxy groups -OCH3 is 3. The number of rotatable bonds is 27. The topological polar surface area (TPSA) is 653 Å². The van der Waals surface area contributed by atoms with Crippen molar-refractivity contribution < 1.29 is 155 Å².